The second kappa shape index (κ2) is 9.92. The van der Waals surface area contributed by atoms with Crippen LogP contribution in [0.3, 0.4) is 0 Å². The number of imidazole rings is 1. The van der Waals surface area contributed by atoms with E-state index in [9.17, 15) is 13.2 Å². The van der Waals surface area contributed by atoms with Gasteiger partial charge < -0.3 is 9.47 Å². The van der Waals surface area contributed by atoms with E-state index in [-0.39, 0.29) is 28.8 Å². The minimum atomic E-state index is -3.68. The molecule has 1 aromatic heterocycles. The number of benzene rings is 2. The van der Waals surface area contributed by atoms with Crippen LogP contribution in [0.25, 0.3) is 0 Å². The summed E-state index contributed by atoms with van der Waals surface area (Å²) >= 11 is 6.11. The minimum Gasteiger partial charge on any atom is -0.330 e. The van der Waals surface area contributed by atoms with Crippen molar-refractivity contribution in [2.75, 3.05) is 0 Å². The molecule has 0 atom stereocenters. The number of halogens is 1. The Bertz CT molecular complexity index is 1300. The van der Waals surface area contributed by atoms with Crippen LogP contribution in [0.1, 0.15) is 53.9 Å². The molecule has 1 amide bonds. The number of sulfone groups is 1. The molecule has 0 aliphatic heterocycles. The molecule has 1 aliphatic carbocycles. The number of nitrogens with zero attached hydrogens (tertiary/aromatic N) is 3. The van der Waals surface area contributed by atoms with Gasteiger partial charge >= 0.3 is 0 Å². The van der Waals surface area contributed by atoms with E-state index in [1.165, 1.54) is 0 Å². The second-order valence-electron chi connectivity index (χ2n) is 9.40. The molecule has 1 saturated carbocycles. The summed E-state index contributed by atoms with van der Waals surface area (Å²) in [6, 6.07) is 14.6. The summed E-state index contributed by atoms with van der Waals surface area (Å²) in [5.41, 5.74) is 2.94. The van der Waals surface area contributed by atoms with Crippen LogP contribution in [-0.4, -0.2) is 34.8 Å². The van der Waals surface area contributed by atoms with Gasteiger partial charge in [0.05, 0.1) is 24.2 Å². The first-order valence-corrected chi connectivity index (χ1v) is 13.6. The number of carbonyl (C=O) groups excluding carboxylic acids is 1. The van der Waals surface area contributed by atoms with Gasteiger partial charge in [-0.1, -0.05) is 55.8 Å². The van der Waals surface area contributed by atoms with Crippen molar-refractivity contribution < 1.29 is 13.2 Å². The molecule has 0 spiro atoms. The summed E-state index contributed by atoms with van der Waals surface area (Å²) < 4.78 is 28.6. The first kappa shape index (κ1) is 24.5. The zero-order valence-electron chi connectivity index (χ0n) is 19.7. The van der Waals surface area contributed by atoms with Gasteiger partial charge in [-0.15, -0.1) is 0 Å². The summed E-state index contributed by atoms with van der Waals surface area (Å²) in [6.45, 7) is 6.79. The first-order valence-electron chi connectivity index (χ1n) is 11.5. The predicted molar refractivity (Wildman–Crippen MR) is 133 cm³/mol. The molecule has 2 aromatic carbocycles. The number of aryl methyl sites for hydroxylation is 1. The Morgan fingerprint density at radius 2 is 1.91 bits per heavy atom. The van der Waals surface area contributed by atoms with E-state index in [4.69, 9.17) is 11.6 Å². The molecule has 0 unspecified atom stereocenters. The highest BCUT2D eigenvalue weighted by Gasteiger charge is 2.35. The molecular formula is C26H30ClN3O3S. The molecule has 180 valence electrons. The van der Waals surface area contributed by atoms with Crippen LogP contribution in [0.4, 0.5) is 0 Å². The van der Waals surface area contributed by atoms with E-state index in [1.807, 2.05) is 49.9 Å². The van der Waals surface area contributed by atoms with E-state index in [0.29, 0.717) is 23.7 Å². The van der Waals surface area contributed by atoms with E-state index in [0.717, 1.165) is 29.7 Å². The van der Waals surface area contributed by atoms with Crippen LogP contribution in [0.5, 0.6) is 0 Å². The Morgan fingerprint density at radius 1 is 1.18 bits per heavy atom. The summed E-state index contributed by atoms with van der Waals surface area (Å²) in [6.07, 6.45) is 3.47. The molecule has 4 rings (SSSR count). The number of aromatic nitrogens is 2. The third-order valence-electron chi connectivity index (χ3n) is 5.99. The molecule has 0 bridgehead atoms. The maximum atomic E-state index is 13.4. The standard InChI is InChI=1S/C26H30ClN3O3S/c1-18(2)15-30-24(14-28-26(30)34(32,33)17-21-8-5-4-7-19(21)3)16-29(23-11-12-23)25(31)20-9-6-10-22(27)13-20/h4-10,13-14,18,23H,11-12,15-17H2,1-3H3. The Balaban J connectivity index is 1.67. The van der Waals surface area contributed by atoms with Crippen LogP contribution < -0.4 is 0 Å². The molecule has 0 radical (unpaired) electrons. The fourth-order valence-electron chi connectivity index (χ4n) is 4.08. The smallest absolute Gasteiger partial charge is 0.254 e. The van der Waals surface area contributed by atoms with Gasteiger partial charge in [0.2, 0.25) is 15.0 Å². The van der Waals surface area contributed by atoms with Crippen molar-refractivity contribution in [1.29, 1.82) is 0 Å². The molecule has 3 aromatic rings. The van der Waals surface area contributed by atoms with Gasteiger partial charge in [0.15, 0.2) is 0 Å². The largest absolute Gasteiger partial charge is 0.330 e. The average Bonchev–Trinajstić information content (AvgIpc) is 3.54. The highest BCUT2D eigenvalue weighted by atomic mass is 35.5. The van der Waals surface area contributed by atoms with Crippen LogP contribution in [0.15, 0.2) is 59.9 Å². The second-order valence-corrected chi connectivity index (χ2v) is 11.7. The summed E-state index contributed by atoms with van der Waals surface area (Å²) in [5, 5.41) is 0.571. The van der Waals surface area contributed by atoms with Crippen molar-refractivity contribution in [3.05, 3.63) is 82.1 Å². The fourth-order valence-corrected chi connectivity index (χ4v) is 5.88. The lowest BCUT2D eigenvalue weighted by Crippen LogP contribution is -2.33. The first-order chi connectivity index (χ1) is 16.2. The van der Waals surface area contributed by atoms with Crippen LogP contribution >= 0.6 is 11.6 Å². The van der Waals surface area contributed by atoms with E-state index in [2.05, 4.69) is 4.98 Å². The highest BCUT2D eigenvalue weighted by molar-refractivity contribution is 7.90. The van der Waals surface area contributed by atoms with Crippen molar-refractivity contribution in [3.8, 4) is 0 Å². The Morgan fingerprint density at radius 3 is 2.56 bits per heavy atom. The van der Waals surface area contributed by atoms with Gasteiger partial charge in [0, 0.05) is 23.2 Å². The Kier molecular flexibility index (Phi) is 7.14. The normalized spacial score (nSPS) is 13.9. The summed E-state index contributed by atoms with van der Waals surface area (Å²) in [4.78, 5) is 19.5. The van der Waals surface area contributed by atoms with Crippen molar-refractivity contribution >= 4 is 27.3 Å². The minimum absolute atomic E-state index is 0.0606. The lowest BCUT2D eigenvalue weighted by molar-refractivity contribution is 0.0725. The van der Waals surface area contributed by atoms with Crippen LogP contribution in [0, 0.1) is 12.8 Å². The molecule has 8 heteroatoms. The number of hydrogen-bond donors (Lipinski definition) is 0. The SMILES string of the molecule is Cc1ccccc1CS(=O)(=O)c1ncc(CN(C(=O)c2cccc(Cl)c2)C2CC2)n1CC(C)C. The number of hydrogen-bond acceptors (Lipinski definition) is 4. The van der Waals surface area contributed by atoms with Gasteiger partial charge in [-0.05, 0) is 55.0 Å². The van der Waals surface area contributed by atoms with Crippen LogP contribution in [-0.2, 0) is 28.7 Å². The molecule has 0 N–H and O–H groups in total. The number of rotatable bonds is 9. The lowest BCUT2D eigenvalue weighted by Gasteiger charge is -2.24. The van der Waals surface area contributed by atoms with Crippen molar-refractivity contribution in [1.82, 2.24) is 14.5 Å². The maximum Gasteiger partial charge on any atom is 0.254 e. The summed E-state index contributed by atoms with van der Waals surface area (Å²) in [5.74, 6) is -0.00729. The Hall–Kier alpha value is -2.64. The third-order valence-corrected chi connectivity index (χ3v) is 7.79. The van der Waals surface area contributed by atoms with Gasteiger partial charge in [-0.3, -0.25) is 4.79 Å². The van der Waals surface area contributed by atoms with Crippen molar-refractivity contribution in [2.24, 2.45) is 5.92 Å². The molecule has 6 nitrogen and oxygen atoms in total. The highest BCUT2D eigenvalue weighted by Crippen LogP contribution is 2.31. The number of carbonyl (C=O) groups is 1. The van der Waals surface area contributed by atoms with Gasteiger partial charge in [0.1, 0.15) is 0 Å². The lowest BCUT2D eigenvalue weighted by atomic mass is 10.1. The molecule has 1 heterocycles. The van der Waals surface area contributed by atoms with Crippen molar-refractivity contribution in [2.45, 2.75) is 63.7 Å². The zero-order chi connectivity index (χ0) is 24.5. The van der Waals surface area contributed by atoms with Crippen LogP contribution in [0.2, 0.25) is 5.02 Å². The molecular weight excluding hydrogens is 470 g/mol. The number of amides is 1. The van der Waals surface area contributed by atoms with E-state index >= 15 is 0 Å². The monoisotopic (exact) mass is 499 g/mol. The molecule has 34 heavy (non-hydrogen) atoms. The average molecular weight is 500 g/mol. The van der Waals surface area contributed by atoms with Gasteiger partial charge in [0.25, 0.3) is 5.91 Å². The van der Waals surface area contributed by atoms with Gasteiger partial charge in [-0.25, -0.2) is 13.4 Å². The van der Waals surface area contributed by atoms with Gasteiger partial charge in [-0.2, -0.15) is 0 Å². The fraction of sp³-hybridized carbons (Fsp3) is 0.385. The van der Waals surface area contributed by atoms with E-state index < -0.39 is 9.84 Å². The molecule has 1 aliphatic rings. The zero-order valence-corrected chi connectivity index (χ0v) is 21.3. The third kappa shape index (κ3) is 5.53. The molecule has 1 fully saturated rings. The topological polar surface area (TPSA) is 72.3 Å². The Labute approximate surface area is 206 Å². The quantitative estimate of drug-likeness (QED) is 0.401. The predicted octanol–water partition coefficient (Wildman–Crippen LogP) is 5.28. The van der Waals surface area contributed by atoms with E-state index in [1.54, 1.807) is 35.0 Å². The molecule has 0 saturated heterocycles. The maximum absolute atomic E-state index is 13.4. The summed E-state index contributed by atoms with van der Waals surface area (Å²) in [7, 11) is -3.68. The van der Waals surface area contributed by atoms with Crippen molar-refractivity contribution in [3.63, 3.8) is 0 Å².